The molecule has 2 N–H and O–H groups in total. The average molecular weight is 251 g/mol. The molecule has 2 aromatic heterocycles. The molecular weight excluding hydrogens is 238 g/mol. The summed E-state index contributed by atoms with van der Waals surface area (Å²) in [5.74, 6) is 0.628. The first-order chi connectivity index (χ1) is 8.40. The molecule has 1 saturated carbocycles. The van der Waals surface area contributed by atoms with Crippen molar-refractivity contribution in [2.24, 2.45) is 0 Å². The van der Waals surface area contributed by atoms with Crippen LogP contribution in [0.25, 0.3) is 0 Å². The Morgan fingerprint density at radius 2 is 2.29 bits per heavy atom. The second kappa shape index (κ2) is 4.80. The molecule has 0 atom stereocenters. The van der Waals surface area contributed by atoms with E-state index in [1.165, 1.54) is 12.8 Å². The van der Waals surface area contributed by atoms with E-state index in [4.69, 9.17) is 4.42 Å². The van der Waals surface area contributed by atoms with E-state index in [1.54, 1.807) is 16.8 Å². The Morgan fingerprint density at radius 3 is 3.06 bits per heavy atom. The van der Waals surface area contributed by atoms with Gasteiger partial charge < -0.3 is 15.1 Å². The highest BCUT2D eigenvalue weighted by Crippen LogP contribution is 2.19. The van der Waals surface area contributed by atoms with Crippen molar-refractivity contribution >= 4 is 17.4 Å². The molecule has 7 heteroatoms. The Balaban J connectivity index is 1.49. The van der Waals surface area contributed by atoms with Gasteiger partial charge >= 0.3 is 6.01 Å². The van der Waals surface area contributed by atoms with Crippen LogP contribution < -0.4 is 10.6 Å². The number of aromatic nitrogens is 3. The maximum absolute atomic E-state index is 5.45. The van der Waals surface area contributed by atoms with Crippen LogP contribution in [-0.4, -0.2) is 21.2 Å². The second-order valence-electron chi connectivity index (χ2n) is 3.98. The molecule has 0 amide bonds. The first-order valence-corrected chi connectivity index (χ1v) is 6.45. The van der Waals surface area contributed by atoms with Crippen molar-refractivity contribution in [1.82, 2.24) is 20.5 Å². The fourth-order valence-electron chi connectivity index (χ4n) is 1.41. The summed E-state index contributed by atoms with van der Waals surface area (Å²) in [6, 6.07) is 1.11. The van der Waals surface area contributed by atoms with Gasteiger partial charge in [0, 0.05) is 17.1 Å². The van der Waals surface area contributed by atoms with Gasteiger partial charge in [-0.15, -0.1) is 16.4 Å². The number of anilines is 1. The highest BCUT2D eigenvalue weighted by atomic mass is 32.1. The zero-order valence-electron chi connectivity index (χ0n) is 9.22. The van der Waals surface area contributed by atoms with Gasteiger partial charge in [0.2, 0.25) is 5.89 Å². The number of hydrogen-bond acceptors (Lipinski definition) is 7. The quantitative estimate of drug-likeness (QED) is 0.808. The molecule has 2 heterocycles. The molecule has 17 heavy (non-hydrogen) atoms. The molecule has 6 nitrogen and oxygen atoms in total. The van der Waals surface area contributed by atoms with Crippen LogP contribution >= 0.6 is 11.3 Å². The summed E-state index contributed by atoms with van der Waals surface area (Å²) in [6.07, 6.45) is 4.33. The smallest absolute Gasteiger partial charge is 0.315 e. The lowest BCUT2D eigenvalue weighted by Crippen LogP contribution is -2.15. The van der Waals surface area contributed by atoms with Crippen LogP contribution in [0.1, 0.15) is 23.6 Å². The molecule has 0 bridgehead atoms. The molecule has 1 aliphatic carbocycles. The molecule has 1 aliphatic rings. The molecule has 0 unspecified atom stereocenters. The van der Waals surface area contributed by atoms with Gasteiger partial charge in [0.15, 0.2) is 0 Å². The largest absolute Gasteiger partial charge is 0.407 e. The number of rotatable bonds is 6. The lowest BCUT2D eigenvalue weighted by Gasteiger charge is -1.97. The van der Waals surface area contributed by atoms with Crippen molar-refractivity contribution in [3.8, 4) is 0 Å². The SMILES string of the molecule is c1ncc(CNc2nnc(CNC3CC3)o2)s1. The van der Waals surface area contributed by atoms with Crippen LogP contribution in [0, 0.1) is 0 Å². The summed E-state index contributed by atoms with van der Waals surface area (Å²) in [5, 5.41) is 14.3. The Morgan fingerprint density at radius 1 is 1.35 bits per heavy atom. The van der Waals surface area contributed by atoms with E-state index < -0.39 is 0 Å². The Bertz CT molecular complexity index is 465. The zero-order chi connectivity index (χ0) is 11.5. The maximum Gasteiger partial charge on any atom is 0.315 e. The van der Waals surface area contributed by atoms with Gasteiger partial charge in [-0.2, -0.15) is 0 Å². The number of nitrogens with zero attached hydrogens (tertiary/aromatic N) is 3. The molecule has 0 radical (unpaired) electrons. The van der Waals surface area contributed by atoms with Crippen molar-refractivity contribution in [2.75, 3.05) is 5.32 Å². The average Bonchev–Trinajstić information content (AvgIpc) is 2.86. The molecule has 0 aromatic carbocycles. The molecule has 0 spiro atoms. The minimum Gasteiger partial charge on any atom is -0.407 e. The standard InChI is InChI=1S/C10H13N5OS/c1-2-7(1)12-5-9-14-15-10(16-9)13-4-8-3-11-6-17-8/h3,6-7,12H,1-2,4-5H2,(H,13,15). The monoisotopic (exact) mass is 251 g/mol. The summed E-state index contributed by atoms with van der Waals surface area (Å²) in [4.78, 5) is 5.14. The van der Waals surface area contributed by atoms with Crippen molar-refractivity contribution < 1.29 is 4.42 Å². The first kappa shape index (κ1) is 10.7. The van der Waals surface area contributed by atoms with Crippen LogP contribution in [0.5, 0.6) is 0 Å². The van der Waals surface area contributed by atoms with Gasteiger partial charge in [0.25, 0.3) is 0 Å². The number of hydrogen-bond donors (Lipinski definition) is 2. The van der Waals surface area contributed by atoms with E-state index >= 15 is 0 Å². The van der Waals surface area contributed by atoms with Crippen LogP contribution in [0.4, 0.5) is 6.01 Å². The van der Waals surface area contributed by atoms with Gasteiger partial charge in [-0.1, -0.05) is 5.10 Å². The fraction of sp³-hybridized carbons (Fsp3) is 0.500. The number of thiazole rings is 1. The molecule has 0 saturated heterocycles. The lowest BCUT2D eigenvalue weighted by molar-refractivity contribution is 0.476. The summed E-state index contributed by atoms with van der Waals surface area (Å²) >= 11 is 1.60. The zero-order valence-corrected chi connectivity index (χ0v) is 10.0. The van der Waals surface area contributed by atoms with Gasteiger partial charge in [-0.05, 0) is 12.8 Å². The van der Waals surface area contributed by atoms with E-state index in [-0.39, 0.29) is 0 Å². The lowest BCUT2D eigenvalue weighted by atomic mass is 10.5. The highest BCUT2D eigenvalue weighted by Gasteiger charge is 2.21. The van der Waals surface area contributed by atoms with E-state index in [0.717, 1.165) is 4.88 Å². The summed E-state index contributed by atoms with van der Waals surface area (Å²) < 4.78 is 5.45. The van der Waals surface area contributed by atoms with Crippen molar-refractivity contribution in [3.05, 3.63) is 22.5 Å². The van der Waals surface area contributed by atoms with E-state index in [0.29, 0.717) is 31.0 Å². The normalized spacial score (nSPS) is 15.1. The van der Waals surface area contributed by atoms with E-state index in [2.05, 4.69) is 25.8 Å². The van der Waals surface area contributed by atoms with Gasteiger partial charge in [-0.25, -0.2) is 0 Å². The molecule has 0 aliphatic heterocycles. The Hall–Kier alpha value is -1.47. The molecular formula is C10H13N5OS. The second-order valence-corrected chi connectivity index (χ2v) is 4.95. The summed E-state index contributed by atoms with van der Waals surface area (Å²) in [7, 11) is 0. The summed E-state index contributed by atoms with van der Waals surface area (Å²) in [6.45, 7) is 1.32. The molecule has 2 aromatic rings. The Labute approximate surface area is 102 Å². The van der Waals surface area contributed by atoms with Crippen LogP contribution in [0.15, 0.2) is 16.1 Å². The van der Waals surface area contributed by atoms with E-state index in [1.807, 2.05) is 6.20 Å². The topological polar surface area (TPSA) is 75.9 Å². The predicted molar refractivity (Wildman–Crippen MR) is 63.6 cm³/mol. The van der Waals surface area contributed by atoms with Gasteiger partial charge in [0.1, 0.15) is 0 Å². The third-order valence-electron chi connectivity index (χ3n) is 2.48. The molecule has 3 rings (SSSR count). The van der Waals surface area contributed by atoms with Crippen LogP contribution in [-0.2, 0) is 13.1 Å². The molecule has 90 valence electrons. The minimum atomic E-state index is 0.464. The van der Waals surface area contributed by atoms with E-state index in [9.17, 15) is 0 Å². The maximum atomic E-state index is 5.45. The third kappa shape index (κ3) is 3.01. The minimum absolute atomic E-state index is 0.464. The predicted octanol–water partition coefficient (Wildman–Crippen LogP) is 1.39. The van der Waals surface area contributed by atoms with Gasteiger partial charge in [-0.3, -0.25) is 4.98 Å². The third-order valence-corrected chi connectivity index (χ3v) is 3.26. The Kier molecular flexibility index (Phi) is 3.02. The number of nitrogens with one attached hydrogen (secondary N) is 2. The van der Waals surface area contributed by atoms with Crippen molar-refractivity contribution in [1.29, 1.82) is 0 Å². The van der Waals surface area contributed by atoms with Crippen molar-refractivity contribution in [3.63, 3.8) is 0 Å². The fourth-order valence-corrected chi connectivity index (χ4v) is 1.94. The van der Waals surface area contributed by atoms with Gasteiger partial charge in [0.05, 0.1) is 18.6 Å². The molecule has 1 fully saturated rings. The van der Waals surface area contributed by atoms with Crippen molar-refractivity contribution in [2.45, 2.75) is 32.0 Å². The van der Waals surface area contributed by atoms with Crippen LogP contribution in [0.2, 0.25) is 0 Å². The summed E-state index contributed by atoms with van der Waals surface area (Å²) in [5.41, 5.74) is 1.80. The highest BCUT2D eigenvalue weighted by molar-refractivity contribution is 7.09. The van der Waals surface area contributed by atoms with Crippen LogP contribution in [0.3, 0.4) is 0 Å². The first-order valence-electron chi connectivity index (χ1n) is 5.57.